The highest BCUT2D eigenvalue weighted by Gasteiger charge is 2.46. The molecule has 4 heterocycles. The Balaban J connectivity index is 1.28. The molecule has 9 nitrogen and oxygen atoms in total. The third kappa shape index (κ3) is 7.86. The minimum atomic E-state index is -3.19. The van der Waals surface area contributed by atoms with E-state index in [2.05, 4.69) is 20.6 Å². The van der Waals surface area contributed by atoms with Gasteiger partial charge in [-0.25, -0.2) is 23.5 Å². The van der Waals surface area contributed by atoms with Crippen LogP contribution in [0, 0.1) is 6.92 Å². The molecule has 5 rings (SSSR count). The number of anilines is 1. The number of carbonyl (C=O) groups excluding carboxylic acids is 2. The lowest BCUT2D eigenvalue weighted by molar-refractivity contribution is -0.0459. The maximum Gasteiger partial charge on any atom is 0.408 e. The van der Waals surface area contributed by atoms with Gasteiger partial charge in [0.1, 0.15) is 11.4 Å². The van der Waals surface area contributed by atoms with Crippen molar-refractivity contribution in [2.45, 2.75) is 63.1 Å². The van der Waals surface area contributed by atoms with Crippen LogP contribution in [0.5, 0.6) is 0 Å². The number of nitrogens with one attached hydrogen (secondary N) is 2. The van der Waals surface area contributed by atoms with Crippen molar-refractivity contribution in [3.63, 3.8) is 0 Å². The maximum atomic E-state index is 15.1. The third-order valence-corrected chi connectivity index (χ3v) is 8.22. The number of thioether (sulfide) groups is 1. The quantitative estimate of drug-likeness (QED) is 0.225. The number of alkyl carbamates (subject to hydrolysis) is 1. The number of aromatic nitrogens is 3. The number of hydrogen-bond acceptors (Lipinski definition) is 8. The van der Waals surface area contributed by atoms with Gasteiger partial charge < -0.3 is 20.3 Å². The lowest BCUT2D eigenvalue weighted by Crippen LogP contribution is -2.59. The van der Waals surface area contributed by atoms with Crippen molar-refractivity contribution in [3.05, 3.63) is 77.6 Å². The number of ether oxygens (including phenoxy) is 1. The molecule has 1 atom stereocenters. The van der Waals surface area contributed by atoms with Gasteiger partial charge in [-0.15, -0.1) is 11.8 Å². The Kier molecular flexibility index (Phi) is 9.24. The molecular formula is C33H36F2N6O3S. The molecule has 3 aromatic heterocycles. The molecule has 236 valence electrons. The number of aryl methyl sites for hydroxylation is 1. The van der Waals surface area contributed by atoms with E-state index in [9.17, 15) is 9.59 Å². The van der Waals surface area contributed by atoms with Crippen LogP contribution in [0.25, 0.3) is 22.3 Å². The number of pyridine rings is 3. The first-order valence-electron chi connectivity index (χ1n) is 14.6. The molecule has 45 heavy (non-hydrogen) atoms. The highest BCUT2D eigenvalue weighted by atomic mass is 32.2. The summed E-state index contributed by atoms with van der Waals surface area (Å²) < 4.78 is 35.4. The molecule has 0 aliphatic carbocycles. The molecule has 1 fully saturated rings. The summed E-state index contributed by atoms with van der Waals surface area (Å²) in [6.07, 6.45) is 2.85. The van der Waals surface area contributed by atoms with Crippen molar-refractivity contribution in [1.29, 1.82) is 0 Å². The van der Waals surface area contributed by atoms with Crippen molar-refractivity contribution < 1.29 is 23.1 Å². The normalized spacial score (nSPS) is 16.3. The van der Waals surface area contributed by atoms with Crippen molar-refractivity contribution >= 4 is 40.5 Å². The van der Waals surface area contributed by atoms with Gasteiger partial charge in [-0.1, -0.05) is 12.1 Å². The number of amides is 2. The number of nitrogens with zero attached hydrogens (tertiary/aromatic N) is 4. The van der Waals surface area contributed by atoms with E-state index < -0.39 is 30.2 Å². The van der Waals surface area contributed by atoms with Crippen LogP contribution in [0.4, 0.5) is 19.4 Å². The van der Waals surface area contributed by atoms with Gasteiger partial charge in [-0.3, -0.25) is 9.78 Å². The molecule has 12 heteroatoms. The van der Waals surface area contributed by atoms with E-state index in [1.807, 2.05) is 43.5 Å². The van der Waals surface area contributed by atoms with Gasteiger partial charge in [0.05, 0.1) is 41.7 Å². The van der Waals surface area contributed by atoms with Crippen LogP contribution < -0.4 is 15.5 Å². The monoisotopic (exact) mass is 634 g/mol. The van der Waals surface area contributed by atoms with E-state index in [4.69, 9.17) is 9.72 Å². The second-order valence-electron chi connectivity index (χ2n) is 12.0. The summed E-state index contributed by atoms with van der Waals surface area (Å²) in [5, 5.41) is 6.06. The van der Waals surface area contributed by atoms with Gasteiger partial charge in [0.15, 0.2) is 0 Å². The predicted molar refractivity (Wildman–Crippen MR) is 172 cm³/mol. The summed E-state index contributed by atoms with van der Waals surface area (Å²) in [6.45, 7) is 6.95. The first-order chi connectivity index (χ1) is 21.3. The zero-order valence-corrected chi connectivity index (χ0v) is 26.7. The van der Waals surface area contributed by atoms with Crippen LogP contribution >= 0.6 is 11.8 Å². The molecule has 1 unspecified atom stereocenters. The van der Waals surface area contributed by atoms with Crippen LogP contribution in [0.2, 0.25) is 0 Å². The highest BCUT2D eigenvalue weighted by molar-refractivity contribution is 7.98. The van der Waals surface area contributed by atoms with Crippen molar-refractivity contribution in [2.75, 3.05) is 24.2 Å². The molecule has 2 amide bonds. The van der Waals surface area contributed by atoms with Gasteiger partial charge in [-0.2, -0.15) is 0 Å². The van der Waals surface area contributed by atoms with Crippen molar-refractivity contribution in [3.8, 4) is 11.4 Å². The maximum absolute atomic E-state index is 15.1. The molecule has 2 N–H and O–H groups in total. The molecule has 1 aromatic carbocycles. The second kappa shape index (κ2) is 13.0. The Morgan fingerprint density at radius 1 is 1.09 bits per heavy atom. The second-order valence-corrected chi connectivity index (χ2v) is 12.8. The topological polar surface area (TPSA) is 109 Å². The predicted octanol–water partition coefficient (Wildman–Crippen LogP) is 6.39. The smallest absolute Gasteiger partial charge is 0.408 e. The van der Waals surface area contributed by atoms with Gasteiger partial charge in [0, 0.05) is 28.6 Å². The van der Waals surface area contributed by atoms with Gasteiger partial charge in [-0.05, 0) is 88.4 Å². The Morgan fingerprint density at radius 3 is 2.60 bits per heavy atom. The Bertz CT molecular complexity index is 1730. The zero-order valence-electron chi connectivity index (χ0n) is 25.9. The third-order valence-electron chi connectivity index (χ3n) is 7.34. The highest BCUT2D eigenvalue weighted by Crippen LogP contribution is 2.31. The SMILES string of the molecule is CSc1cc(C(=O)NCc2cc3nc(-c4cccc(N5CCC(NC(=O)OC(C)(C)C)C(F)(F)C5)n4)ccc3cn2)ccc1C. The average Bonchev–Trinajstić information content (AvgIpc) is 2.99. The van der Waals surface area contributed by atoms with Crippen LogP contribution in [-0.4, -0.2) is 63.9 Å². The fraction of sp³-hybridized carbons (Fsp3) is 0.364. The first-order valence-corrected chi connectivity index (χ1v) is 15.8. The summed E-state index contributed by atoms with van der Waals surface area (Å²) in [4.78, 5) is 41.3. The minimum Gasteiger partial charge on any atom is -0.444 e. The Labute approximate surface area is 265 Å². The fourth-order valence-electron chi connectivity index (χ4n) is 5.04. The molecule has 0 radical (unpaired) electrons. The first kappa shape index (κ1) is 32.1. The van der Waals surface area contributed by atoms with Crippen LogP contribution in [0.3, 0.4) is 0 Å². The largest absolute Gasteiger partial charge is 0.444 e. The molecule has 1 aliphatic heterocycles. The molecule has 1 saturated heterocycles. The van der Waals surface area contributed by atoms with E-state index >= 15 is 8.78 Å². The Hall–Kier alpha value is -4.32. The van der Waals surface area contributed by atoms with Gasteiger partial charge >= 0.3 is 6.09 Å². The molecular weight excluding hydrogens is 598 g/mol. The van der Waals surface area contributed by atoms with E-state index in [1.54, 1.807) is 63.0 Å². The lowest BCUT2D eigenvalue weighted by Gasteiger charge is -2.39. The van der Waals surface area contributed by atoms with E-state index in [1.165, 1.54) is 4.90 Å². The number of halogens is 2. The Morgan fingerprint density at radius 2 is 1.87 bits per heavy atom. The van der Waals surface area contributed by atoms with Crippen molar-refractivity contribution in [2.24, 2.45) is 0 Å². The number of benzene rings is 1. The zero-order chi connectivity index (χ0) is 32.4. The number of fused-ring (bicyclic) bond motifs is 1. The van der Waals surface area contributed by atoms with E-state index in [-0.39, 0.29) is 25.4 Å². The molecule has 0 bridgehead atoms. The van der Waals surface area contributed by atoms with Crippen LogP contribution in [-0.2, 0) is 11.3 Å². The van der Waals surface area contributed by atoms with E-state index in [0.717, 1.165) is 15.8 Å². The number of alkyl halides is 2. The fourth-order valence-corrected chi connectivity index (χ4v) is 5.67. The molecule has 0 spiro atoms. The summed E-state index contributed by atoms with van der Waals surface area (Å²) in [5.74, 6) is -2.99. The van der Waals surface area contributed by atoms with Crippen LogP contribution in [0.1, 0.15) is 48.8 Å². The standard InChI is InChI=1S/C33H36F2N6O3S/c1-20-9-10-21(15-27(20)45-5)30(42)37-18-23-16-26-22(17-36-23)11-12-25(38-26)24-7-6-8-29(39-24)41-14-13-28(33(34,35)19-41)40-31(43)44-32(2,3)4/h6-12,15-17,28H,13-14,18-19H2,1-5H3,(H,37,42)(H,40,43). The van der Waals surface area contributed by atoms with Gasteiger partial charge in [0.25, 0.3) is 11.8 Å². The number of carbonyl (C=O) groups is 2. The lowest BCUT2D eigenvalue weighted by atomic mass is 10.0. The average molecular weight is 635 g/mol. The van der Waals surface area contributed by atoms with E-state index in [0.29, 0.717) is 34.0 Å². The molecule has 1 aliphatic rings. The minimum absolute atomic E-state index is 0.0291. The molecule has 0 saturated carbocycles. The summed E-state index contributed by atoms with van der Waals surface area (Å²) in [6, 6.07) is 15.0. The van der Waals surface area contributed by atoms with Crippen LogP contribution in [0.15, 0.2) is 65.7 Å². The van der Waals surface area contributed by atoms with Crippen molar-refractivity contribution in [1.82, 2.24) is 25.6 Å². The number of piperidine rings is 1. The van der Waals surface area contributed by atoms with Gasteiger partial charge in [0.2, 0.25) is 0 Å². The summed E-state index contributed by atoms with van der Waals surface area (Å²) in [5.41, 5.74) is 3.33. The molecule has 4 aromatic rings. The summed E-state index contributed by atoms with van der Waals surface area (Å²) in [7, 11) is 0. The summed E-state index contributed by atoms with van der Waals surface area (Å²) >= 11 is 1.59. The number of rotatable bonds is 7. The number of hydrogen-bond donors (Lipinski definition) is 2.